The van der Waals surface area contributed by atoms with Crippen LogP contribution in [0.4, 0.5) is 17.6 Å². The highest BCUT2D eigenvalue weighted by atomic mass is 35.5. The van der Waals surface area contributed by atoms with Gasteiger partial charge in [0.25, 0.3) is 0 Å². The van der Waals surface area contributed by atoms with Gasteiger partial charge in [0.15, 0.2) is 0 Å². The van der Waals surface area contributed by atoms with Gasteiger partial charge in [0.1, 0.15) is 23.6 Å². The summed E-state index contributed by atoms with van der Waals surface area (Å²) in [6.07, 6.45) is 1.44. The second-order valence-electron chi connectivity index (χ2n) is 8.64. The molecule has 2 unspecified atom stereocenters. The lowest BCUT2D eigenvalue weighted by molar-refractivity contribution is -0.242. The maximum absolute atomic E-state index is 15.1. The number of amides is 1. The fraction of sp³-hybridized carbons (Fsp3) is 0.364. The van der Waals surface area contributed by atoms with Crippen molar-refractivity contribution in [2.45, 2.75) is 37.9 Å². The van der Waals surface area contributed by atoms with Gasteiger partial charge in [0.2, 0.25) is 5.91 Å². The van der Waals surface area contributed by atoms with Crippen molar-refractivity contribution in [2.24, 2.45) is 15.9 Å². The van der Waals surface area contributed by atoms with E-state index in [0.29, 0.717) is 31.2 Å². The first-order valence-corrected chi connectivity index (χ1v) is 10.0. The normalized spacial score (nSPS) is 30.0. The van der Waals surface area contributed by atoms with Crippen LogP contribution in [0.2, 0.25) is 5.02 Å². The SMILES string of the molecule is O=C(N1N=CCC1c1cc(F)cc(F)c1)C12CC(C(F)c3cc(F)cc(Cl)c3)(C1)C2. The van der Waals surface area contributed by atoms with Gasteiger partial charge in [0.05, 0.1) is 11.5 Å². The van der Waals surface area contributed by atoms with Crippen LogP contribution in [0.5, 0.6) is 0 Å². The molecule has 0 N–H and O–H groups in total. The van der Waals surface area contributed by atoms with E-state index in [1.807, 2.05) is 0 Å². The molecule has 1 heterocycles. The van der Waals surface area contributed by atoms with Gasteiger partial charge in [0, 0.05) is 29.1 Å². The topological polar surface area (TPSA) is 32.7 Å². The Bertz CT molecular complexity index is 1030. The molecule has 2 aromatic carbocycles. The van der Waals surface area contributed by atoms with Crippen molar-refractivity contribution < 1.29 is 22.4 Å². The van der Waals surface area contributed by atoms with Crippen LogP contribution in [-0.4, -0.2) is 17.1 Å². The van der Waals surface area contributed by atoms with Gasteiger partial charge in [-0.25, -0.2) is 22.6 Å². The van der Waals surface area contributed by atoms with E-state index in [-0.39, 0.29) is 16.5 Å². The third kappa shape index (κ3) is 2.86. The van der Waals surface area contributed by atoms with Crippen molar-refractivity contribution in [3.05, 3.63) is 70.0 Å². The number of alkyl halides is 1. The molecule has 6 rings (SSSR count). The number of nitrogens with zero attached hydrogens (tertiary/aromatic N) is 2. The number of benzene rings is 2. The molecule has 0 aromatic heterocycles. The van der Waals surface area contributed by atoms with Crippen LogP contribution in [0.3, 0.4) is 0 Å². The fourth-order valence-electron chi connectivity index (χ4n) is 5.33. The Kier molecular flexibility index (Phi) is 4.26. The summed E-state index contributed by atoms with van der Waals surface area (Å²) in [5.41, 5.74) is -0.935. The third-order valence-electron chi connectivity index (χ3n) is 6.55. The molecule has 4 aliphatic rings. The molecule has 2 atom stereocenters. The predicted octanol–water partition coefficient (Wildman–Crippen LogP) is 5.90. The van der Waals surface area contributed by atoms with Crippen molar-refractivity contribution in [1.82, 2.24) is 5.01 Å². The van der Waals surface area contributed by atoms with Gasteiger partial charge in [-0.3, -0.25) is 4.79 Å². The Morgan fingerprint density at radius 2 is 1.67 bits per heavy atom. The quantitative estimate of drug-likeness (QED) is 0.549. The maximum Gasteiger partial charge on any atom is 0.249 e. The lowest BCUT2D eigenvalue weighted by Gasteiger charge is -2.70. The van der Waals surface area contributed by atoms with Crippen LogP contribution in [0.15, 0.2) is 41.5 Å². The van der Waals surface area contributed by atoms with Crippen molar-refractivity contribution >= 4 is 23.7 Å². The average molecular weight is 437 g/mol. The zero-order valence-electron chi connectivity index (χ0n) is 15.7. The van der Waals surface area contributed by atoms with Crippen molar-refractivity contribution in [2.75, 3.05) is 0 Å². The first-order chi connectivity index (χ1) is 14.2. The summed E-state index contributed by atoms with van der Waals surface area (Å²) >= 11 is 5.84. The Hall–Kier alpha value is -2.41. The number of hydrogen-bond acceptors (Lipinski definition) is 2. The van der Waals surface area contributed by atoms with E-state index in [9.17, 15) is 18.0 Å². The highest BCUT2D eigenvalue weighted by molar-refractivity contribution is 6.30. The molecule has 2 bridgehead atoms. The standard InChI is InChI=1S/C22H17ClF4N2O/c23-14-3-13(6-15(24)7-14)19(27)21-9-22(10-21,11-21)20(30)29-18(1-2-28-29)12-4-16(25)8-17(26)5-12/h2-8,18-19H,1,9-11H2. The fourth-order valence-corrected chi connectivity index (χ4v) is 5.56. The highest BCUT2D eigenvalue weighted by Gasteiger charge is 2.75. The van der Waals surface area contributed by atoms with Gasteiger partial charge >= 0.3 is 0 Å². The minimum Gasteiger partial charge on any atom is -0.272 e. The van der Waals surface area contributed by atoms with E-state index in [1.165, 1.54) is 23.2 Å². The monoisotopic (exact) mass is 436 g/mol. The van der Waals surface area contributed by atoms with Crippen molar-refractivity contribution in [3.8, 4) is 0 Å². The smallest absolute Gasteiger partial charge is 0.249 e. The van der Waals surface area contributed by atoms with Crippen LogP contribution in [-0.2, 0) is 4.79 Å². The van der Waals surface area contributed by atoms with E-state index >= 15 is 4.39 Å². The second kappa shape index (κ2) is 6.54. The Balaban J connectivity index is 1.32. The van der Waals surface area contributed by atoms with E-state index in [2.05, 4.69) is 5.10 Å². The first kappa shape index (κ1) is 19.5. The Morgan fingerprint density at radius 3 is 2.30 bits per heavy atom. The summed E-state index contributed by atoms with van der Waals surface area (Å²) in [5.74, 6) is -2.31. The largest absolute Gasteiger partial charge is 0.272 e. The summed E-state index contributed by atoms with van der Waals surface area (Å²) in [6.45, 7) is 0. The zero-order valence-corrected chi connectivity index (χ0v) is 16.5. The molecule has 0 saturated heterocycles. The molecule has 156 valence electrons. The van der Waals surface area contributed by atoms with Gasteiger partial charge in [-0.15, -0.1) is 0 Å². The molecule has 1 aliphatic heterocycles. The van der Waals surface area contributed by atoms with Gasteiger partial charge in [-0.2, -0.15) is 5.10 Å². The minimum absolute atomic E-state index is 0.126. The second-order valence-corrected chi connectivity index (χ2v) is 9.08. The highest BCUT2D eigenvalue weighted by Crippen LogP contribution is 2.78. The third-order valence-corrected chi connectivity index (χ3v) is 6.77. The number of halogens is 5. The minimum atomic E-state index is -1.42. The van der Waals surface area contributed by atoms with Crippen LogP contribution in [0.25, 0.3) is 0 Å². The summed E-state index contributed by atoms with van der Waals surface area (Å²) in [6, 6.07) is 6.22. The van der Waals surface area contributed by atoms with E-state index < -0.39 is 40.5 Å². The van der Waals surface area contributed by atoms with Crippen molar-refractivity contribution in [3.63, 3.8) is 0 Å². The molecule has 3 aliphatic carbocycles. The molecule has 0 spiro atoms. The molecule has 3 fully saturated rings. The van der Waals surface area contributed by atoms with Crippen molar-refractivity contribution in [1.29, 1.82) is 0 Å². The molecule has 3 saturated carbocycles. The number of rotatable bonds is 4. The molecule has 30 heavy (non-hydrogen) atoms. The average Bonchev–Trinajstić information content (AvgIpc) is 3.07. The number of hydrogen-bond donors (Lipinski definition) is 0. The van der Waals surface area contributed by atoms with E-state index in [0.717, 1.165) is 18.2 Å². The van der Waals surface area contributed by atoms with Crippen LogP contribution in [0, 0.1) is 28.3 Å². The van der Waals surface area contributed by atoms with Gasteiger partial charge in [-0.05, 0) is 60.7 Å². The van der Waals surface area contributed by atoms with Crippen LogP contribution >= 0.6 is 11.6 Å². The molecule has 1 amide bonds. The van der Waals surface area contributed by atoms with Crippen LogP contribution in [0.1, 0.15) is 49.0 Å². The summed E-state index contributed by atoms with van der Waals surface area (Å²) in [5, 5.41) is 5.52. The summed E-state index contributed by atoms with van der Waals surface area (Å²) in [7, 11) is 0. The summed E-state index contributed by atoms with van der Waals surface area (Å²) in [4.78, 5) is 13.2. The lowest BCUT2D eigenvalue weighted by atomic mass is 9.33. The molecule has 2 aromatic rings. The van der Waals surface area contributed by atoms with E-state index in [1.54, 1.807) is 6.21 Å². The maximum atomic E-state index is 15.1. The summed E-state index contributed by atoms with van der Waals surface area (Å²) < 4.78 is 56.0. The predicted molar refractivity (Wildman–Crippen MR) is 103 cm³/mol. The molecular formula is C22H17ClF4N2O. The van der Waals surface area contributed by atoms with E-state index in [4.69, 9.17) is 11.6 Å². The lowest BCUT2D eigenvalue weighted by Crippen LogP contribution is -2.69. The van der Waals surface area contributed by atoms with Gasteiger partial charge < -0.3 is 0 Å². The first-order valence-electron chi connectivity index (χ1n) is 9.64. The Morgan fingerprint density at radius 1 is 1.03 bits per heavy atom. The number of carbonyl (C=O) groups excluding carboxylic acids is 1. The zero-order chi connectivity index (χ0) is 21.3. The number of carbonyl (C=O) groups is 1. The van der Waals surface area contributed by atoms with Crippen LogP contribution < -0.4 is 0 Å². The number of hydrazone groups is 1. The molecular weight excluding hydrogens is 420 g/mol. The Labute approximate surface area is 175 Å². The molecule has 3 nitrogen and oxygen atoms in total. The van der Waals surface area contributed by atoms with Gasteiger partial charge in [-0.1, -0.05) is 11.6 Å². The molecule has 0 radical (unpaired) electrons. The molecule has 8 heteroatoms.